The summed E-state index contributed by atoms with van der Waals surface area (Å²) in [7, 11) is -4.78. The first kappa shape index (κ1) is 16.7. The molecule has 0 bridgehead atoms. The van der Waals surface area contributed by atoms with Crippen molar-refractivity contribution in [3.63, 3.8) is 0 Å². The number of aryl methyl sites for hydroxylation is 1. The quantitative estimate of drug-likeness (QED) is 0.628. The van der Waals surface area contributed by atoms with Crippen molar-refractivity contribution in [3.8, 4) is 0 Å². The Labute approximate surface area is 124 Å². The normalized spacial score (nSPS) is 19.8. The van der Waals surface area contributed by atoms with E-state index in [4.69, 9.17) is 0 Å². The Morgan fingerprint density at radius 1 is 1.32 bits per heavy atom. The van der Waals surface area contributed by atoms with Crippen molar-refractivity contribution < 1.29 is 30.3 Å². The van der Waals surface area contributed by atoms with Crippen molar-refractivity contribution >= 4 is 21.8 Å². The van der Waals surface area contributed by atoms with Crippen LogP contribution in [-0.4, -0.2) is 26.6 Å². The second kappa shape index (κ2) is 5.53. The molecule has 1 saturated heterocycles. The predicted molar refractivity (Wildman–Crippen MR) is 71.5 cm³/mol. The van der Waals surface area contributed by atoms with E-state index in [9.17, 15) is 30.3 Å². The minimum Gasteiger partial charge on any atom is -0.311 e. The summed E-state index contributed by atoms with van der Waals surface area (Å²) >= 11 is 0. The van der Waals surface area contributed by atoms with E-state index in [0.717, 1.165) is 11.0 Å². The molecule has 0 saturated carbocycles. The smallest absolute Gasteiger partial charge is 0.311 e. The van der Waals surface area contributed by atoms with Gasteiger partial charge < -0.3 is 4.90 Å². The molecule has 0 radical (unpaired) electrons. The van der Waals surface area contributed by atoms with E-state index in [1.165, 1.54) is 12.1 Å². The fourth-order valence-corrected chi connectivity index (χ4v) is 3.30. The van der Waals surface area contributed by atoms with Gasteiger partial charge in [-0.1, -0.05) is 6.07 Å². The third-order valence-electron chi connectivity index (χ3n) is 3.39. The van der Waals surface area contributed by atoms with Gasteiger partial charge in [0.1, 0.15) is 0 Å². The van der Waals surface area contributed by atoms with Gasteiger partial charge in [-0.15, -0.1) is 3.89 Å². The van der Waals surface area contributed by atoms with E-state index in [0.29, 0.717) is 5.56 Å². The van der Waals surface area contributed by atoms with Crippen molar-refractivity contribution in [1.82, 2.24) is 0 Å². The molecule has 1 heterocycles. The molecule has 0 aromatic heterocycles. The number of hydrogen-bond donors (Lipinski definition) is 0. The Morgan fingerprint density at radius 3 is 2.50 bits per heavy atom. The molecule has 0 N–H and O–H groups in total. The molecular formula is C13H13F4NO3S. The monoisotopic (exact) mass is 339 g/mol. The van der Waals surface area contributed by atoms with E-state index < -0.39 is 39.5 Å². The summed E-state index contributed by atoms with van der Waals surface area (Å²) in [5.74, 6) is -2.38. The van der Waals surface area contributed by atoms with E-state index >= 15 is 0 Å². The van der Waals surface area contributed by atoms with Gasteiger partial charge in [0.15, 0.2) is 0 Å². The molecule has 1 aliphatic heterocycles. The zero-order valence-corrected chi connectivity index (χ0v) is 12.3. The highest BCUT2D eigenvalue weighted by Gasteiger charge is 2.40. The number of alkyl halides is 3. The Hall–Kier alpha value is -1.64. The van der Waals surface area contributed by atoms with Gasteiger partial charge in [-0.25, -0.2) is 0 Å². The SMILES string of the molecule is Cc1ccc(C(F)(F)F)c(N2CC(CS(=O)(=O)F)CC2=O)c1. The van der Waals surface area contributed by atoms with Gasteiger partial charge in [-0.2, -0.15) is 21.6 Å². The average molecular weight is 339 g/mol. The molecule has 1 atom stereocenters. The lowest BCUT2D eigenvalue weighted by Gasteiger charge is -2.22. The molecule has 1 unspecified atom stereocenters. The first-order valence-corrected chi connectivity index (χ1v) is 7.93. The summed E-state index contributed by atoms with van der Waals surface area (Å²) in [6.07, 6.45) is -4.94. The summed E-state index contributed by atoms with van der Waals surface area (Å²) in [5.41, 5.74) is -0.774. The molecule has 9 heteroatoms. The van der Waals surface area contributed by atoms with Crippen LogP contribution in [0.1, 0.15) is 17.5 Å². The lowest BCUT2D eigenvalue weighted by molar-refractivity contribution is -0.137. The maximum atomic E-state index is 13.0. The molecule has 0 spiro atoms. The molecule has 22 heavy (non-hydrogen) atoms. The van der Waals surface area contributed by atoms with E-state index in [-0.39, 0.29) is 18.7 Å². The first-order valence-electron chi connectivity index (χ1n) is 6.38. The summed E-state index contributed by atoms with van der Waals surface area (Å²) in [5, 5.41) is 0. The zero-order valence-electron chi connectivity index (χ0n) is 11.5. The van der Waals surface area contributed by atoms with Crippen molar-refractivity contribution in [2.45, 2.75) is 19.5 Å². The minimum absolute atomic E-state index is 0.255. The van der Waals surface area contributed by atoms with Crippen LogP contribution < -0.4 is 4.90 Å². The molecule has 1 fully saturated rings. The third kappa shape index (κ3) is 3.76. The second-order valence-corrected chi connectivity index (χ2v) is 6.71. The molecule has 0 aliphatic carbocycles. The number of nitrogens with zero attached hydrogens (tertiary/aromatic N) is 1. The van der Waals surface area contributed by atoms with Crippen molar-refractivity contribution in [2.24, 2.45) is 5.92 Å². The van der Waals surface area contributed by atoms with Crippen molar-refractivity contribution in [1.29, 1.82) is 0 Å². The molecule has 1 aromatic rings. The highest BCUT2D eigenvalue weighted by molar-refractivity contribution is 7.86. The van der Waals surface area contributed by atoms with Crippen LogP contribution in [-0.2, 0) is 21.2 Å². The number of hydrogen-bond acceptors (Lipinski definition) is 3. The highest BCUT2D eigenvalue weighted by Crippen LogP contribution is 2.39. The first-order chi connectivity index (χ1) is 9.97. The molecule has 2 rings (SSSR count). The summed E-state index contributed by atoms with van der Waals surface area (Å²) in [6, 6.07) is 3.36. The van der Waals surface area contributed by atoms with Gasteiger partial charge in [0.05, 0.1) is 17.0 Å². The van der Waals surface area contributed by atoms with Gasteiger partial charge >= 0.3 is 16.4 Å². The molecule has 1 amide bonds. The van der Waals surface area contributed by atoms with E-state index in [2.05, 4.69) is 0 Å². The standard InChI is InChI=1S/C13H13F4NO3S/c1-8-2-3-10(13(14,15)16)11(4-8)18-6-9(5-12(18)19)7-22(17,20)21/h2-4,9H,5-7H2,1H3. The van der Waals surface area contributed by atoms with E-state index in [1.807, 2.05) is 0 Å². The Balaban J connectivity index is 2.36. The Bertz CT molecular complexity index is 700. The number of anilines is 1. The molecule has 4 nitrogen and oxygen atoms in total. The highest BCUT2D eigenvalue weighted by atomic mass is 32.3. The number of halogens is 4. The second-order valence-electron chi connectivity index (χ2n) is 5.30. The van der Waals surface area contributed by atoms with Crippen molar-refractivity contribution in [2.75, 3.05) is 17.2 Å². The van der Waals surface area contributed by atoms with E-state index in [1.54, 1.807) is 6.92 Å². The maximum Gasteiger partial charge on any atom is 0.418 e. The summed E-state index contributed by atoms with van der Waals surface area (Å²) in [4.78, 5) is 12.8. The van der Waals surface area contributed by atoms with Gasteiger partial charge in [-0.05, 0) is 24.6 Å². The van der Waals surface area contributed by atoms with Crippen LogP contribution >= 0.6 is 0 Å². The van der Waals surface area contributed by atoms with Gasteiger partial charge in [0, 0.05) is 18.9 Å². The maximum absolute atomic E-state index is 13.0. The number of amides is 1. The summed E-state index contributed by atoms with van der Waals surface area (Å²) < 4.78 is 73.1. The third-order valence-corrected chi connectivity index (χ3v) is 4.26. The van der Waals surface area contributed by atoms with Crippen LogP contribution in [0.25, 0.3) is 0 Å². The van der Waals surface area contributed by atoms with Gasteiger partial charge in [0.2, 0.25) is 5.91 Å². The number of carbonyl (C=O) groups is 1. The van der Waals surface area contributed by atoms with Crippen LogP contribution in [0.5, 0.6) is 0 Å². The van der Waals surface area contributed by atoms with Gasteiger partial charge in [0.25, 0.3) is 0 Å². The van der Waals surface area contributed by atoms with Crippen LogP contribution in [0.3, 0.4) is 0 Å². The molecule has 122 valence electrons. The molecule has 1 aliphatic rings. The minimum atomic E-state index is -4.78. The van der Waals surface area contributed by atoms with Crippen LogP contribution in [0.4, 0.5) is 22.7 Å². The van der Waals surface area contributed by atoms with Crippen LogP contribution in [0.15, 0.2) is 18.2 Å². The lowest BCUT2D eigenvalue weighted by atomic mass is 10.1. The zero-order chi connectivity index (χ0) is 16.7. The largest absolute Gasteiger partial charge is 0.418 e. The topological polar surface area (TPSA) is 54.5 Å². The lowest BCUT2D eigenvalue weighted by Crippen LogP contribution is -2.28. The van der Waals surface area contributed by atoms with Crippen LogP contribution in [0, 0.1) is 12.8 Å². The fraction of sp³-hybridized carbons (Fsp3) is 0.462. The van der Waals surface area contributed by atoms with Crippen molar-refractivity contribution in [3.05, 3.63) is 29.3 Å². The molecule has 1 aromatic carbocycles. The number of benzene rings is 1. The number of rotatable bonds is 3. The van der Waals surface area contributed by atoms with Gasteiger partial charge in [-0.3, -0.25) is 4.79 Å². The average Bonchev–Trinajstić information content (AvgIpc) is 2.65. The predicted octanol–water partition coefficient (Wildman–Crippen LogP) is 2.67. The number of carbonyl (C=O) groups excluding carboxylic acids is 1. The fourth-order valence-electron chi connectivity index (χ4n) is 2.51. The Kier molecular flexibility index (Phi) is 4.20. The Morgan fingerprint density at radius 2 is 1.95 bits per heavy atom. The van der Waals surface area contributed by atoms with Crippen LogP contribution in [0.2, 0.25) is 0 Å². The molecular weight excluding hydrogens is 326 g/mol. The summed E-state index contributed by atoms with van der Waals surface area (Å²) in [6.45, 7) is 1.32.